The first-order chi connectivity index (χ1) is 11.7. The number of amides is 1. The molecule has 1 aromatic carbocycles. The fourth-order valence-corrected chi connectivity index (χ4v) is 3.55. The van der Waals surface area contributed by atoms with Crippen LogP contribution in [0.3, 0.4) is 0 Å². The van der Waals surface area contributed by atoms with Gasteiger partial charge in [-0.15, -0.1) is 5.10 Å². The van der Waals surface area contributed by atoms with E-state index in [0.717, 1.165) is 30.7 Å². The average Bonchev–Trinajstić information content (AvgIpc) is 3.09. The number of carbonyl (C=O) groups excluding carboxylic acids is 1. The number of methoxy groups -OCH3 is 1. The number of benzene rings is 1. The van der Waals surface area contributed by atoms with Crippen molar-refractivity contribution in [2.24, 2.45) is 0 Å². The Morgan fingerprint density at radius 2 is 2.17 bits per heavy atom. The van der Waals surface area contributed by atoms with E-state index in [4.69, 9.17) is 4.74 Å². The lowest BCUT2D eigenvalue weighted by molar-refractivity contribution is -0.131. The van der Waals surface area contributed by atoms with Crippen molar-refractivity contribution in [3.8, 4) is 17.1 Å². The zero-order valence-corrected chi connectivity index (χ0v) is 14.8. The van der Waals surface area contributed by atoms with Crippen LogP contribution in [-0.4, -0.2) is 51.4 Å². The summed E-state index contributed by atoms with van der Waals surface area (Å²) in [6.45, 7) is 2.99. The molecule has 7 heteroatoms. The van der Waals surface area contributed by atoms with Crippen molar-refractivity contribution in [1.82, 2.24) is 20.1 Å². The van der Waals surface area contributed by atoms with Crippen LogP contribution < -0.4 is 4.74 Å². The molecule has 0 aliphatic carbocycles. The number of hydrogen-bond donors (Lipinski definition) is 1. The molecule has 1 N–H and O–H groups in total. The molecule has 1 fully saturated rings. The lowest BCUT2D eigenvalue weighted by atomic mass is 10.0. The first-order valence-corrected chi connectivity index (χ1v) is 9.15. The van der Waals surface area contributed by atoms with Crippen molar-refractivity contribution in [2.45, 2.75) is 37.4 Å². The van der Waals surface area contributed by atoms with E-state index in [9.17, 15) is 4.79 Å². The van der Waals surface area contributed by atoms with Gasteiger partial charge >= 0.3 is 0 Å². The second-order valence-electron chi connectivity index (χ2n) is 5.92. The zero-order chi connectivity index (χ0) is 16.9. The summed E-state index contributed by atoms with van der Waals surface area (Å²) in [5.41, 5.74) is 0.936. The fourth-order valence-electron chi connectivity index (χ4n) is 2.87. The number of H-pyrrole nitrogens is 1. The standard InChI is InChI=1S/C17H22N4O2S/c1-12-5-3-4-10-21(12)15(22)11-24-17-18-16(19-20-17)13-6-8-14(23-2)9-7-13/h6-9,12H,3-5,10-11H2,1-2H3,(H,18,19,20)/t12-/m0/s1. The van der Waals surface area contributed by atoms with Crippen LogP contribution in [0.4, 0.5) is 0 Å². The molecule has 24 heavy (non-hydrogen) atoms. The maximum Gasteiger partial charge on any atom is 0.233 e. The van der Waals surface area contributed by atoms with E-state index < -0.39 is 0 Å². The highest BCUT2D eigenvalue weighted by molar-refractivity contribution is 7.99. The van der Waals surface area contributed by atoms with E-state index in [1.807, 2.05) is 29.2 Å². The topological polar surface area (TPSA) is 71.1 Å². The summed E-state index contributed by atoms with van der Waals surface area (Å²) in [6, 6.07) is 7.95. The molecule has 1 aliphatic rings. The van der Waals surface area contributed by atoms with Crippen LogP contribution in [-0.2, 0) is 4.79 Å². The van der Waals surface area contributed by atoms with Crippen molar-refractivity contribution in [2.75, 3.05) is 19.4 Å². The van der Waals surface area contributed by atoms with Crippen molar-refractivity contribution in [1.29, 1.82) is 0 Å². The van der Waals surface area contributed by atoms with Crippen LogP contribution in [0, 0.1) is 0 Å². The van der Waals surface area contributed by atoms with Crippen molar-refractivity contribution < 1.29 is 9.53 Å². The van der Waals surface area contributed by atoms with E-state index in [1.54, 1.807) is 7.11 Å². The minimum absolute atomic E-state index is 0.169. The summed E-state index contributed by atoms with van der Waals surface area (Å²) in [7, 11) is 1.64. The first kappa shape index (κ1) is 16.8. The van der Waals surface area contributed by atoms with E-state index in [0.29, 0.717) is 22.8 Å². The first-order valence-electron chi connectivity index (χ1n) is 8.16. The largest absolute Gasteiger partial charge is 0.497 e. The lowest BCUT2D eigenvalue weighted by Crippen LogP contribution is -2.42. The predicted molar refractivity (Wildman–Crippen MR) is 94.1 cm³/mol. The van der Waals surface area contributed by atoms with Gasteiger partial charge in [-0.25, -0.2) is 4.98 Å². The summed E-state index contributed by atoms with van der Waals surface area (Å²) < 4.78 is 5.15. The third kappa shape index (κ3) is 3.90. The third-order valence-corrected chi connectivity index (χ3v) is 5.11. The maximum absolute atomic E-state index is 12.4. The van der Waals surface area contributed by atoms with Crippen LogP contribution in [0.1, 0.15) is 26.2 Å². The van der Waals surface area contributed by atoms with Gasteiger partial charge in [0, 0.05) is 18.2 Å². The highest BCUT2D eigenvalue weighted by Gasteiger charge is 2.23. The predicted octanol–water partition coefficient (Wildman–Crippen LogP) is 2.97. The number of hydrogen-bond acceptors (Lipinski definition) is 5. The monoisotopic (exact) mass is 346 g/mol. The van der Waals surface area contributed by atoms with Crippen molar-refractivity contribution >= 4 is 17.7 Å². The molecule has 2 aromatic rings. The lowest BCUT2D eigenvalue weighted by Gasteiger charge is -2.33. The number of aromatic amines is 1. The Bertz CT molecular complexity index is 686. The van der Waals surface area contributed by atoms with Crippen LogP contribution in [0.15, 0.2) is 29.4 Å². The number of thioether (sulfide) groups is 1. The van der Waals surface area contributed by atoms with Crippen LogP contribution in [0.5, 0.6) is 5.75 Å². The number of aromatic nitrogens is 3. The van der Waals surface area contributed by atoms with Crippen LogP contribution in [0.25, 0.3) is 11.4 Å². The number of nitrogens with one attached hydrogen (secondary N) is 1. The molecule has 1 atom stereocenters. The Morgan fingerprint density at radius 3 is 2.88 bits per heavy atom. The van der Waals surface area contributed by atoms with E-state index in [1.165, 1.54) is 18.2 Å². The molecule has 0 saturated carbocycles. The second-order valence-corrected chi connectivity index (χ2v) is 6.86. The minimum Gasteiger partial charge on any atom is -0.497 e. The average molecular weight is 346 g/mol. The van der Waals surface area contributed by atoms with E-state index >= 15 is 0 Å². The van der Waals surface area contributed by atoms with Crippen molar-refractivity contribution in [3.05, 3.63) is 24.3 Å². The highest BCUT2D eigenvalue weighted by Crippen LogP contribution is 2.23. The molecule has 0 unspecified atom stereocenters. The van der Waals surface area contributed by atoms with Gasteiger partial charge in [-0.1, -0.05) is 11.8 Å². The molecule has 128 valence electrons. The van der Waals surface area contributed by atoms with Gasteiger partial charge in [-0.2, -0.15) is 0 Å². The number of rotatable bonds is 5. The summed E-state index contributed by atoms with van der Waals surface area (Å²) >= 11 is 1.38. The molecule has 0 spiro atoms. The second kappa shape index (κ2) is 7.70. The SMILES string of the molecule is COc1ccc(-c2nc(SCC(=O)N3CCCC[C@@H]3C)n[nH]2)cc1. The van der Waals surface area contributed by atoms with Gasteiger partial charge in [0.1, 0.15) is 5.75 Å². The molecular weight excluding hydrogens is 324 g/mol. The molecule has 6 nitrogen and oxygen atoms in total. The van der Waals surface area contributed by atoms with Gasteiger partial charge in [0.25, 0.3) is 0 Å². The maximum atomic E-state index is 12.4. The molecule has 1 aromatic heterocycles. The number of likely N-dealkylation sites (tertiary alicyclic amines) is 1. The molecular formula is C17H22N4O2S. The Labute approximate surface area is 146 Å². The number of carbonyl (C=O) groups is 1. The van der Waals surface area contributed by atoms with Gasteiger partial charge in [0.15, 0.2) is 5.82 Å². The van der Waals surface area contributed by atoms with Crippen molar-refractivity contribution in [3.63, 3.8) is 0 Å². The van der Waals surface area contributed by atoms with Crippen LogP contribution >= 0.6 is 11.8 Å². The summed E-state index contributed by atoms with van der Waals surface area (Å²) in [5.74, 6) is 2.04. The quantitative estimate of drug-likeness (QED) is 0.843. The fraction of sp³-hybridized carbons (Fsp3) is 0.471. The molecule has 2 heterocycles. The molecule has 0 bridgehead atoms. The van der Waals surface area contributed by atoms with Gasteiger partial charge in [0.2, 0.25) is 11.1 Å². The number of ether oxygens (including phenoxy) is 1. The molecule has 0 radical (unpaired) electrons. The Balaban J connectivity index is 1.58. The zero-order valence-electron chi connectivity index (χ0n) is 14.0. The smallest absolute Gasteiger partial charge is 0.233 e. The Morgan fingerprint density at radius 1 is 1.38 bits per heavy atom. The van der Waals surface area contributed by atoms with Gasteiger partial charge in [-0.3, -0.25) is 9.89 Å². The normalized spacial score (nSPS) is 17.8. The summed E-state index contributed by atoms with van der Waals surface area (Å²) in [4.78, 5) is 18.8. The highest BCUT2D eigenvalue weighted by atomic mass is 32.2. The molecule has 1 amide bonds. The molecule has 1 aliphatic heterocycles. The third-order valence-electron chi connectivity index (χ3n) is 4.28. The molecule has 1 saturated heterocycles. The summed E-state index contributed by atoms with van der Waals surface area (Å²) in [6.07, 6.45) is 3.41. The Hall–Kier alpha value is -2.02. The van der Waals surface area contributed by atoms with Crippen LogP contribution in [0.2, 0.25) is 0 Å². The Kier molecular flexibility index (Phi) is 5.40. The van der Waals surface area contributed by atoms with Gasteiger partial charge in [0.05, 0.1) is 12.9 Å². The van der Waals surface area contributed by atoms with Gasteiger partial charge in [-0.05, 0) is 50.5 Å². The molecule has 3 rings (SSSR count). The van der Waals surface area contributed by atoms with E-state index in [2.05, 4.69) is 22.1 Å². The van der Waals surface area contributed by atoms with E-state index in [-0.39, 0.29) is 5.91 Å². The number of nitrogens with zero attached hydrogens (tertiary/aromatic N) is 3. The summed E-state index contributed by atoms with van der Waals surface area (Å²) in [5, 5.41) is 7.72. The minimum atomic E-state index is 0.169. The number of piperidine rings is 1. The van der Waals surface area contributed by atoms with Gasteiger partial charge < -0.3 is 9.64 Å².